The summed E-state index contributed by atoms with van der Waals surface area (Å²) in [5, 5.41) is 9.01. The fourth-order valence-electron chi connectivity index (χ4n) is 2.05. The third kappa shape index (κ3) is 2.84. The molecule has 1 aliphatic heterocycles. The summed E-state index contributed by atoms with van der Waals surface area (Å²) in [6, 6.07) is 1.20. The number of rotatable bonds is 3. The van der Waals surface area contributed by atoms with E-state index in [9.17, 15) is 18.0 Å². The molecule has 0 atom stereocenters. The van der Waals surface area contributed by atoms with E-state index < -0.39 is 21.7 Å². The smallest absolute Gasteiger partial charge is 0.339 e. The molecule has 1 aromatic heterocycles. The molecule has 0 saturated carbocycles. The van der Waals surface area contributed by atoms with Crippen LogP contribution in [0.15, 0.2) is 10.5 Å². The van der Waals surface area contributed by atoms with Crippen molar-refractivity contribution in [2.75, 3.05) is 24.6 Å². The second-order valence-electron chi connectivity index (χ2n) is 4.55. The Hall–Kier alpha value is -1.83. The van der Waals surface area contributed by atoms with E-state index in [0.29, 0.717) is 6.42 Å². The van der Waals surface area contributed by atoms with Gasteiger partial charge in [0.25, 0.3) is 5.91 Å². The predicted molar refractivity (Wildman–Crippen MR) is 69.6 cm³/mol. The molecule has 0 aliphatic carbocycles. The Labute approximate surface area is 116 Å². The van der Waals surface area contributed by atoms with Crippen molar-refractivity contribution in [3.05, 3.63) is 23.2 Å². The molecule has 1 N–H and O–H groups in total. The van der Waals surface area contributed by atoms with Crippen molar-refractivity contribution in [2.45, 2.75) is 13.3 Å². The number of aryl methyl sites for hydroxylation is 1. The van der Waals surface area contributed by atoms with E-state index in [1.54, 1.807) is 6.92 Å². The van der Waals surface area contributed by atoms with E-state index in [0.717, 1.165) is 0 Å². The fraction of sp³-hybridized carbons (Fsp3) is 0.500. The van der Waals surface area contributed by atoms with Crippen molar-refractivity contribution in [3.8, 4) is 0 Å². The molecule has 0 unspecified atom stereocenters. The van der Waals surface area contributed by atoms with Crippen molar-refractivity contribution in [3.63, 3.8) is 0 Å². The summed E-state index contributed by atoms with van der Waals surface area (Å²) in [7, 11) is -3.07. The summed E-state index contributed by atoms with van der Waals surface area (Å²) in [5.41, 5.74) is -0.0273. The number of hydrogen-bond donors (Lipinski definition) is 1. The first-order valence-corrected chi connectivity index (χ1v) is 8.02. The zero-order valence-electron chi connectivity index (χ0n) is 11.0. The number of carbonyl (C=O) groups excluding carboxylic acids is 1. The van der Waals surface area contributed by atoms with E-state index in [-0.39, 0.29) is 41.7 Å². The number of amides is 1. The summed E-state index contributed by atoms with van der Waals surface area (Å²) >= 11 is 0. The van der Waals surface area contributed by atoms with Crippen molar-refractivity contribution in [2.24, 2.45) is 0 Å². The van der Waals surface area contributed by atoms with Crippen LogP contribution in [0.25, 0.3) is 0 Å². The van der Waals surface area contributed by atoms with Gasteiger partial charge in [-0.25, -0.2) is 13.2 Å². The molecule has 1 aromatic rings. The third-order valence-electron chi connectivity index (χ3n) is 3.20. The fourth-order valence-corrected chi connectivity index (χ4v) is 3.25. The van der Waals surface area contributed by atoms with Crippen LogP contribution in [0.3, 0.4) is 0 Å². The van der Waals surface area contributed by atoms with E-state index in [2.05, 4.69) is 0 Å². The maximum atomic E-state index is 12.2. The maximum absolute atomic E-state index is 12.2. The zero-order chi connectivity index (χ0) is 14.9. The number of nitrogens with zero attached hydrogens (tertiary/aromatic N) is 1. The Morgan fingerprint density at radius 1 is 1.35 bits per heavy atom. The second-order valence-corrected chi connectivity index (χ2v) is 6.85. The molecule has 1 fully saturated rings. The first-order valence-electron chi connectivity index (χ1n) is 6.19. The highest BCUT2D eigenvalue weighted by atomic mass is 32.2. The lowest BCUT2D eigenvalue weighted by atomic mass is 10.2. The first kappa shape index (κ1) is 14.6. The van der Waals surface area contributed by atoms with Gasteiger partial charge in [-0.05, 0) is 0 Å². The molecule has 2 heterocycles. The molecule has 0 spiro atoms. The molecule has 20 heavy (non-hydrogen) atoms. The van der Waals surface area contributed by atoms with E-state index in [4.69, 9.17) is 9.52 Å². The van der Waals surface area contributed by atoms with Gasteiger partial charge in [-0.3, -0.25) is 4.79 Å². The van der Waals surface area contributed by atoms with Gasteiger partial charge in [0.15, 0.2) is 15.6 Å². The van der Waals surface area contributed by atoms with Gasteiger partial charge in [0.2, 0.25) is 0 Å². The van der Waals surface area contributed by atoms with E-state index >= 15 is 0 Å². The van der Waals surface area contributed by atoms with E-state index in [1.165, 1.54) is 11.0 Å². The van der Waals surface area contributed by atoms with Gasteiger partial charge in [-0.2, -0.15) is 0 Å². The molecular weight excluding hydrogens is 286 g/mol. The molecule has 0 aromatic carbocycles. The Balaban J connectivity index is 2.20. The third-order valence-corrected chi connectivity index (χ3v) is 4.81. The minimum atomic E-state index is -3.07. The van der Waals surface area contributed by atoms with Crippen LogP contribution in [-0.4, -0.2) is 54.9 Å². The van der Waals surface area contributed by atoms with Gasteiger partial charge in [0.05, 0.1) is 11.5 Å². The van der Waals surface area contributed by atoms with Crippen LogP contribution in [0.1, 0.15) is 33.6 Å². The van der Waals surface area contributed by atoms with Gasteiger partial charge < -0.3 is 14.4 Å². The highest BCUT2D eigenvalue weighted by Crippen LogP contribution is 2.19. The number of carboxylic acid groups (broad SMARTS) is 1. The standard InChI is InChI=1S/C12H15NO6S/c1-2-9-8(12(15)16)7-10(19-9)11(14)13-3-5-20(17,18)6-4-13/h7H,2-6H2,1H3,(H,15,16). The minimum absolute atomic E-state index is 0.0273. The Kier molecular flexibility index (Phi) is 3.85. The molecule has 1 aliphatic rings. The lowest BCUT2D eigenvalue weighted by molar-refractivity contribution is 0.0692. The molecule has 1 saturated heterocycles. The quantitative estimate of drug-likeness (QED) is 0.867. The minimum Gasteiger partial charge on any atom is -0.478 e. The molecule has 110 valence electrons. The van der Waals surface area contributed by atoms with Crippen molar-refractivity contribution in [1.29, 1.82) is 0 Å². The molecule has 0 bridgehead atoms. The SMILES string of the molecule is CCc1oc(C(=O)N2CCS(=O)(=O)CC2)cc1C(=O)O. The molecule has 0 radical (unpaired) electrons. The summed E-state index contributed by atoms with van der Waals surface area (Å²) in [6.45, 7) is 1.93. The number of furan rings is 1. The second kappa shape index (κ2) is 5.28. The summed E-state index contributed by atoms with van der Waals surface area (Å²) < 4.78 is 27.9. The van der Waals surface area contributed by atoms with Crippen molar-refractivity contribution in [1.82, 2.24) is 4.90 Å². The lowest BCUT2D eigenvalue weighted by Crippen LogP contribution is -2.43. The van der Waals surface area contributed by atoms with Crippen LogP contribution in [-0.2, 0) is 16.3 Å². The number of sulfone groups is 1. The number of carbonyl (C=O) groups is 2. The Morgan fingerprint density at radius 2 is 1.95 bits per heavy atom. The normalized spacial score (nSPS) is 17.9. The topological polar surface area (TPSA) is 105 Å². The summed E-state index contributed by atoms with van der Waals surface area (Å²) in [5.74, 6) is -1.59. The number of hydrogen-bond acceptors (Lipinski definition) is 5. The first-order chi connectivity index (χ1) is 9.34. The highest BCUT2D eigenvalue weighted by Gasteiger charge is 2.29. The zero-order valence-corrected chi connectivity index (χ0v) is 11.8. The number of carboxylic acids is 1. The average molecular weight is 301 g/mol. The highest BCUT2D eigenvalue weighted by molar-refractivity contribution is 7.91. The van der Waals surface area contributed by atoms with Gasteiger partial charge in [-0.1, -0.05) is 6.92 Å². The monoisotopic (exact) mass is 301 g/mol. The van der Waals surface area contributed by atoms with Crippen LogP contribution in [0.5, 0.6) is 0 Å². The predicted octanol–water partition coefficient (Wildman–Crippen LogP) is 0.411. The van der Waals surface area contributed by atoms with E-state index in [1.807, 2.05) is 0 Å². The summed E-state index contributed by atoms with van der Waals surface area (Å²) in [4.78, 5) is 24.5. The molecule has 2 rings (SSSR count). The van der Waals surface area contributed by atoms with Crippen molar-refractivity contribution >= 4 is 21.7 Å². The maximum Gasteiger partial charge on any atom is 0.339 e. The van der Waals surface area contributed by atoms with Crippen LogP contribution in [0.4, 0.5) is 0 Å². The molecule has 8 heteroatoms. The lowest BCUT2D eigenvalue weighted by Gasteiger charge is -2.25. The van der Waals surface area contributed by atoms with Gasteiger partial charge in [0.1, 0.15) is 11.3 Å². The Bertz CT molecular complexity index is 631. The largest absolute Gasteiger partial charge is 0.478 e. The Morgan fingerprint density at radius 3 is 2.40 bits per heavy atom. The average Bonchev–Trinajstić information content (AvgIpc) is 2.82. The van der Waals surface area contributed by atoms with Gasteiger partial charge in [-0.15, -0.1) is 0 Å². The van der Waals surface area contributed by atoms with Gasteiger partial charge >= 0.3 is 5.97 Å². The van der Waals surface area contributed by atoms with Crippen LogP contribution < -0.4 is 0 Å². The number of aromatic carboxylic acids is 1. The van der Waals surface area contributed by atoms with Gasteiger partial charge in [0, 0.05) is 25.6 Å². The molecule has 1 amide bonds. The molecular formula is C12H15NO6S. The van der Waals surface area contributed by atoms with Crippen molar-refractivity contribution < 1.29 is 27.5 Å². The van der Waals surface area contributed by atoms with Crippen LogP contribution >= 0.6 is 0 Å². The van der Waals surface area contributed by atoms with Crippen LogP contribution in [0.2, 0.25) is 0 Å². The van der Waals surface area contributed by atoms with Crippen LogP contribution in [0, 0.1) is 0 Å². The molecule has 7 nitrogen and oxygen atoms in total. The summed E-state index contributed by atoms with van der Waals surface area (Å²) in [6.07, 6.45) is 0.364.